The third-order valence-electron chi connectivity index (χ3n) is 8.58. The molecule has 5 aromatic carbocycles. The van der Waals surface area contributed by atoms with Gasteiger partial charge in [0.1, 0.15) is 0 Å². The number of ether oxygens (including phenoxy) is 1. The molecule has 286 valence electrons. The van der Waals surface area contributed by atoms with Crippen LogP contribution in [0, 0.1) is 0 Å². The van der Waals surface area contributed by atoms with E-state index in [2.05, 4.69) is 58.1 Å². The zero-order valence-corrected chi connectivity index (χ0v) is 32.3. The van der Waals surface area contributed by atoms with Crippen LogP contribution >= 0.6 is 11.6 Å². The summed E-state index contributed by atoms with van der Waals surface area (Å²) in [6.45, 7) is 3.20. The lowest BCUT2D eigenvalue weighted by atomic mass is 9.92. The number of rotatable bonds is 11. The number of aromatic nitrogens is 1. The Balaban J connectivity index is 0.000000172. The normalized spacial score (nSPS) is 11.9. The van der Waals surface area contributed by atoms with E-state index in [-0.39, 0.29) is 17.8 Å². The highest BCUT2D eigenvalue weighted by atomic mass is 35.5. The number of benzene rings is 5. The van der Waals surface area contributed by atoms with E-state index in [1.807, 2.05) is 91.1 Å². The monoisotopic (exact) mass is 768 g/mol. The summed E-state index contributed by atoms with van der Waals surface area (Å²) in [6, 6.07) is 43.5. The van der Waals surface area contributed by atoms with Crippen molar-refractivity contribution >= 4 is 57.8 Å². The van der Waals surface area contributed by atoms with Crippen LogP contribution in [0.15, 0.2) is 146 Å². The number of nitrogen functional groups attached to an aromatic ring is 1. The summed E-state index contributed by atoms with van der Waals surface area (Å²) < 4.78 is 4.79. The molecule has 2 heterocycles. The van der Waals surface area contributed by atoms with E-state index in [4.69, 9.17) is 22.1 Å². The largest absolute Gasteiger partial charge is 0.462 e. The molecule has 0 saturated carbocycles. The summed E-state index contributed by atoms with van der Waals surface area (Å²) >= 11 is 5.97. The highest BCUT2D eigenvalue weighted by Crippen LogP contribution is 2.33. The molecule has 11 heteroatoms. The molecule has 1 aliphatic rings. The number of carbonyl (C=O) groups excluding carboxylic acids is 3. The van der Waals surface area contributed by atoms with Gasteiger partial charge in [0, 0.05) is 39.9 Å². The summed E-state index contributed by atoms with van der Waals surface area (Å²) in [5.74, 6) is -0.733. The quantitative estimate of drug-likeness (QED) is 0.0577. The van der Waals surface area contributed by atoms with Crippen molar-refractivity contribution in [3.8, 4) is 0 Å². The first-order chi connectivity index (χ1) is 27.1. The molecule has 1 aliphatic heterocycles. The minimum absolute atomic E-state index is 0.308. The number of hydrogen-bond donors (Lipinski definition) is 4. The number of nitrogens with zero attached hydrogens (tertiary/aromatic N) is 2. The second-order valence-corrected chi connectivity index (χ2v) is 13.4. The molecule has 6 aromatic rings. The molecule has 0 fully saturated rings. The van der Waals surface area contributed by atoms with Crippen molar-refractivity contribution in [2.45, 2.75) is 19.3 Å². The molecule has 7 rings (SSSR count). The smallest absolute Gasteiger partial charge is 0.338 e. The number of amides is 2. The Morgan fingerprint density at radius 3 is 1.79 bits per heavy atom. The van der Waals surface area contributed by atoms with Crippen molar-refractivity contribution in [2.75, 3.05) is 43.6 Å². The third kappa shape index (κ3) is 11.8. The maximum absolute atomic E-state index is 12.0. The molecular formula is C45H45ClN6O4. The molecule has 1 aromatic heterocycles. The molecule has 0 radical (unpaired) electrons. The average molecular weight is 769 g/mol. The first kappa shape index (κ1) is 40.7. The van der Waals surface area contributed by atoms with Gasteiger partial charge in [-0.2, -0.15) is 0 Å². The minimum atomic E-state index is -0.373. The van der Waals surface area contributed by atoms with Crippen molar-refractivity contribution in [2.24, 2.45) is 0 Å². The van der Waals surface area contributed by atoms with Gasteiger partial charge in [0.25, 0.3) is 11.8 Å². The van der Waals surface area contributed by atoms with Gasteiger partial charge in [0.05, 0.1) is 34.7 Å². The van der Waals surface area contributed by atoms with Crippen molar-refractivity contribution in [1.82, 2.24) is 15.2 Å². The van der Waals surface area contributed by atoms with Crippen molar-refractivity contribution in [3.05, 3.63) is 179 Å². The number of esters is 1. The van der Waals surface area contributed by atoms with Gasteiger partial charge < -0.3 is 26.0 Å². The standard InChI is InChI=1S/C20H15N3O2.C16H19ClN2.C9H11NO2/c24-19-15-11-17(21-13-7-3-1-4-8-13)18(12-16(15)20(25)23-19)22-14-9-5-2-6-10-14;1-19(2)12-10-15(16-5-3-4-11-18-16)13-6-8-14(17)9-7-13;1-2-12-9(11)7-3-5-8(10)6-4-7/h1-12,21-22H,(H,23,24,25);3-9,11,15H,10,12H2,1-2H3;3-6H,2,10H2,1H3/t;15-;/m.0./s1. The van der Waals surface area contributed by atoms with E-state index in [0.29, 0.717) is 34.9 Å². The predicted molar refractivity (Wildman–Crippen MR) is 225 cm³/mol. The number of carbonyl (C=O) groups is 3. The molecule has 56 heavy (non-hydrogen) atoms. The summed E-state index contributed by atoms with van der Waals surface area (Å²) in [5, 5.41) is 9.71. The molecule has 10 nitrogen and oxygen atoms in total. The summed E-state index contributed by atoms with van der Waals surface area (Å²) in [5.41, 5.74) is 13.0. The van der Waals surface area contributed by atoms with E-state index >= 15 is 0 Å². The van der Waals surface area contributed by atoms with Crippen LogP contribution in [-0.2, 0) is 4.74 Å². The van der Waals surface area contributed by atoms with E-state index in [0.717, 1.165) is 46.4 Å². The zero-order chi connectivity index (χ0) is 39.9. The predicted octanol–water partition coefficient (Wildman–Crippen LogP) is 9.32. The molecular weight excluding hydrogens is 724 g/mol. The number of hydrogen-bond acceptors (Lipinski definition) is 9. The number of halogens is 1. The fourth-order valence-corrected chi connectivity index (χ4v) is 5.88. The Morgan fingerprint density at radius 2 is 1.30 bits per heavy atom. The van der Waals surface area contributed by atoms with Gasteiger partial charge in [0.15, 0.2) is 0 Å². The first-order valence-corrected chi connectivity index (χ1v) is 18.5. The third-order valence-corrected chi connectivity index (χ3v) is 8.84. The lowest BCUT2D eigenvalue weighted by molar-refractivity contribution is 0.0526. The molecule has 0 unspecified atom stereocenters. The van der Waals surface area contributed by atoms with Crippen LogP contribution in [0.4, 0.5) is 28.4 Å². The van der Waals surface area contributed by atoms with Gasteiger partial charge in [-0.05, 0) is 124 Å². The number of para-hydroxylation sites is 2. The maximum atomic E-state index is 12.0. The number of imide groups is 1. The second-order valence-electron chi connectivity index (χ2n) is 13.0. The average Bonchev–Trinajstić information content (AvgIpc) is 3.48. The Morgan fingerprint density at radius 1 is 0.768 bits per heavy atom. The molecule has 1 atom stereocenters. The number of nitrogens with two attached hydrogens (primary N) is 1. The Kier molecular flexibility index (Phi) is 14.7. The van der Waals surface area contributed by atoms with Crippen LogP contribution in [0.5, 0.6) is 0 Å². The molecule has 0 saturated heterocycles. The summed E-state index contributed by atoms with van der Waals surface area (Å²) in [6.07, 6.45) is 2.90. The number of fused-ring (bicyclic) bond motifs is 1. The van der Waals surface area contributed by atoms with Gasteiger partial charge in [-0.1, -0.05) is 66.2 Å². The van der Waals surface area contributed by atoms with Crippen LogP contribution < -0.4 is 21.7 Å². The Bertz CT molecular complexity index is 2110. The van der Waals surface area contributed by atoms with Crippen molar-refractivity contribution in [1.29, 1.82) is 0 Å². The lowest BCUT2D eigenvalue weighted by Gasteiger charge is -2.19. The van der Waals surface area contributed by atoms with Crippen LogP contribution in [0.1, 0.15) is 61.6 Å². The Labute approximate surface area is 332 Å². The SMILES string of the molecule is CCOC(=O)c1ccc(N)cc1.CN(C)CC[C@@H](c1ccc(Cl)cc1)c1ccccn1.O=C1NC(=O)c2cc(Nc3ccccc3)c(Nc3ccccc3)cc21. The maximum Gasteiger partial charge on any atom is 0.338 e. The van der Waals surface area contributed by atoms with E-state index in [9.17, 15) is 14.4 Å². The van der Waals surface area contributed by atoms with Crippen LogP contribution in [0.25, 0.3) is 0 Å². The fourth-order valence-electron chi connectivity index (χ4n) is 5.76. The van der Waals surface area contributed by atoms with Gasteiger partial charge in [-0.25, -0.2) is 4.79 Å². The zero-order valence-electron chi connectivity index (χ0n) is 31.5. The molecule has 0 spiro atoms. The minimum Gasteiger partial charge on any atom is -0.462 e. The van der Waals surface area contributed by atoms with Gasteiger partial charge >= 0.3 is 5.97 Å². The van der Waals surface area contributed by atoms with Crippen molar-refractivity contribution < 1.29 is 19.1 Å². The molecule has 0 bridgehead atoms. The van der Waals surface area contributed by atoms with Gasteiger partial charge in [0.2, 0.25) is 0 Å². The van der Waals surface area contributed by atoms with Crippen LogP contribution in [-0.4, -0.2) is 54.9 Å². The molecule has 0 aliphatic carbocycles. The highest BCUT2D eigenvalue weighted by molar-refractivity contribution is 6.30. The van der Waals surface area contributed by atoms with E-state index in [1.54, 1.807) is 43.3 Å². The topological polar surface area (TPSA) is 139 Å². The summed E-state index contributed by atoms with van der Waals surface area (Å²) in [7, 11) is 4.19. The van der Waals surface area contributed by atoms with E-state index < -0.39 is 0 Å². The summed E-state index contributed by atoms with van der Waals surface area (Å²) in [4.78, 5) is 41.7. The lowest BCUT2D eigenvalue weighted by Crippen LogP contribution is -2.19. The number of pyridine rings is 1. The van der Waals surface area contributed by atoms with Crippen molar-refractivity contribution in [3.63, 3.8) is 0 Å². The Hall–Kier alpha value is -6.49. The van der Waals surface area contributed by atoms with Crippen LogP contribution in [0.2, 0.25) is 5.02 Å². The number of nitrogens with one attached hydrogen (secondary N) is 3. The number of anilines is 5. The molecule has 2 amide bonds. The molecule has 5 N–H and O–H groups in total. The highest BCUT2D eigenvalue weighted by Gasteiger charge is 2.28. The van der Waals surface area contributed by atoms with E-state index in [1.165, 1.54) is 5.56 Å². The fraction of sp³-hybridized carbons (Fsp3) is 0.156. The van der Waals surface area contributed by atoms with Gasteiger partial charge in [-0.3, -0.25) is 19.9 Å². The second kappa shape index (κ2) is 20.3. The van der Waals surface area contributed by atoms with Crippen LogP contribution in [0.3, 0.4) is 0 Å². The van der Waals surface area contributed by atoms with Gasteiger partial charge in [-0.15, -0.1) is 0 Å². The first-order valence-electron chi connectivity index (χ1n) is 18.1.